The van der Waals surface area contributed by atoms with Gasteiger partial charge in [0.15, 0.2) is 12.1 Å². The molecule has 0 atom stereocenters. The lowest BCUT2D eigenvalue weighted by Crippen LogP contribution is -2.29. The number of rotatable bonds is 9. The Bertz CT molecular complexity index is 1370. The van der Waals surface area contributed by atoms with E-state index in [0.717, 1.165) is 24.1 Å². The highest BCUT2D eigenvalue weighted by molar-refractivity contribution is 5.75. The van der Waals surface area contributed by atoms with Crippen molar-refractivity contribution in [3.63, 3.8) is 0 Å². The Morgan fingerprint density at radius 1 is 1.14 bits per heavy atom. The van der Waals surface area contributed by atoms with E-state index in [1.54, 1.807) is 31.4 Å². The Morgan fingerprint density at radius 3 is 2.68 bits per heavy atom. The minimum absolute atomic E-state index is 0.512. The van der Waals surface area contributed by atoms with Crippen molar-refractivity contribution in [1.82, 2.24) is 19.7 Å². The van der Waals surface area contributed by atoms with Gasteiger partial charge in [0.05, 0.1) is 26.3 Å². The molecule has 5 rings (SSSR count). The van der Waals surface area contributed by atoms with Crippen molar-refractivity contribution in [2.75, 3.05) is 31.0 Å². The van der Waals surface area contributed by atoms with Gasteiger partial charge in [-0.3, -0.25) is 4.90 Å². The summed E-state index contributed by atoms with van der Waals surface area (Å²) in [5.41, 5.74) is 2.75. The molecule has 0 saturated carbocycles. The summed E-state index contributed by atoms with van der Waals surface area (Å²) in [5, 5.41) is 8.07. The largest absolute Gasteiger partial charge is 0.497 e. The van der Waals surface area contributed by atoms with Crippen molar-refractivity contribution >= 4 is 17.5 Å². The Hall–Kier alpha value is -4.73. The fourth-order valence-corrected chi connectivity index (χ4v) is 4.04. The van der Waals surface area contributed by atoms with Crippen LogP contribution in [0.4, 0.5) is 17.5 Å². The number of pyridine rings is 1. The summed E-state index contributed by atoms with van der Waals surface area (Å²) >= 11 is 0. The van der Waals surface area contributed by atoms with E-state index in [2.05, 4.69) is 28.5 Å². The van der Waals surface area contributed by atoms with Crippen molar-refractivity contribution < 1.29 is 18.9 Å². The molecule has 190 valence electrons. The minimum atomic E-state index is 0.512. The lowest BCUT2D eigenvalue weighted by atomic mass is 10.1. The highest BCUT2D eigenvalue weighted by Gasteiger charge is 2.24. The first-order chi connectivity index (χ1) is 18.1. The van der Waals surface area contributed by atoms with E-state index in [9.17, 15) is 0 Å². The zero-order valence-electron chi connectivity index (χ0n) is 20.9. The molecule has 0 amide bonds. The maximum absolute atomic E-state index is 5.76. The number of nitrogens with one attached hydrogen (secondary N) is 1. The maximum atomic E-state index is 5.76. The minimum Gasteiger partial charge on any atom is -0.497 e. The zero-order chi connectivity index (χ0) is 25.6. The van der Waals surface area contributed by atoms with E-state index < -0.39 is 0 Å². The van der Waals surface area contributed by atoms with Gasteiger partial charge in [-0.05, 0) is 25.0 Å². The average molecular weight is 501 g/mol. The second-order valence-corrected chi connectivity index (χ2v) is 8.35. The van der Waals surface area contributed by atoms with Gasteiger partial charge in [-0.15, -0.1) is 5.10 Å². The van der Waals surface area contributed by atoms with Crippen LogP contribution in [0.2, 0.25) is 0 Å². The van der Waals surface area contributed by atoms with Gasteiger partial charge in [0.25, 0.3) is 0 Å². The Kier molecular flexibility index (Phi) is 7.07. The summed E-state index contributed by atoms with van der Waals surface area (Å²) in [4.78, 5) is 11.4. The summed E-state index contributed by atoms with van der Waals surface area (Å²) in [7, 11) is 5.08. The van der Waals surface area contributed by atoms with Gasteiger partial charge in [0.1, 0.15) is 29.8 Å². The Balaban J connectivity index is 1.49. The molecule has 2 aliphatic rings. The fraction of sp³-hybridized carbons (Fsp3) is 0.222. The molecular formula is C27H28N6O4. The molecule has 3 aromatic rings. The van der Waals surface area contributed by atoms with Crippen LogP contribution in [0.3, 0.4) is 0 Å². The van der Waals surface area contributed by atoms with Gasteiger partial charge in [-0.25, -0.2) is 9.67 Å². The molecule has 0 bridgehead atoms. The van der Waals surface area contributed by atoms with Crippen LogP contribution in [0.5, 0.6) is 11.5 Å². The molecule has 0 saturated heterocycles. The number of benzene rings is 1. The monoisotopic (exact) mass is 500 g/mol. The van der Waals surface area contributed by atoms with Gasteiger partial charge in [-0.1, -0.05) is 23.8 Å². The molecule has 1 aromatic carbocycles. The van der Waals surface area contributed by atoms with E-state index in [1.807, 2.05) is 42.3 Å². The number of aromatic nitrogens is 4. The van der Waals surface area contributed by atoms with E-state index in [0.29, 0.717) is 41.5 Å². The summed E-state index contributed by atoms with van der Waals surface area (Å²) < 4.78 is 23.7. The summed E-state index contributed by atoms with van der Waals surface area (Å²) in [6.07, 6.45) is 14.6. The number of anilines is 3. The van der Waals surface area contributed by atoms with Crippen LogP contribution < -0.4 is 19.7 Å². The maximum Gasteiger partial charge on any atom is 0.238 e. The number of nitrogens with zero attached hydrogens (tertiary/aromatic N) is 5. The molecule has 0 unspecified atom stereocenters. The number of ether oxygens (including phenoxy) is 4. The second kappa shape index (κ2) is 10.9. The third-order valence-electron chi connectivity index (χ3n) is 5.86. The fourth-order valence-electron chi connectivity index (χ4n) is 4.04. The molecule has 37 heavy (non-hydrogen) atoms. The van der Waals surface area contributed by atoms with Gasteiger partial charge in [0.2, 0.25) is 11.8 Å². The van der Waals surface area contributed by atoms with Crippen molar-refractivity contribution in [3.8, 4) is 22.9 Å². The van der Waals surface area contributed by atoms with E-state index >= 15 is 0 Å². The van der Waals surface area contributed by atoms with Gasteiger partial charge in [0, 0.05) is 37.1 Å². The van der Waals surface area contributed by atoms with Crippen LogP contribution in [-0.2, 0) is 16.5 Å². The van der Waals surface area contributed by atoms with Crippen LogP contribution in [0, 0.1) is 0 Å². The van der Waals surface area contributed by atoms with Crippen LogP contribution in [0.1, 0.15) is 12.8 Å². The highest BCUT2D eigenvalue weighted by atomic mass is 16.5. The van der Waals surface area contributed by atoms with E-state index in [4.69, 9.17) is 29.0 Å². The predicted octanol–water partition coefficient (Wildman–Crippen LogP) is 5.04. The Labute approximate surface area is 215 Å². The first-order valence-corrected chi connectivity index (χ1v) is 11.8. The average Bonchev–Trinajstić information content (AvgIpc) is 3.33. The first kappa shape index (κ1) is 24.0. The lowest BCUT2D eigenvalue weighted by Gasteiger charge is -2.26. The van der Waals surface area contributed by atoms with E-state index in [1.165, 1.54) is 18.1 Å². The molecule has 1 N–H and O–H groups in total. The zero-order valence-corrected chi connectivity index (χ0v) is 20.9. The van der Waals surface area contributed by atoms with Gasteiger partial charge >= 0.3 is 0 Å². The van der Waals surface area contributed by atoms with Crippen molar-refractivity contribution in [1.29, 1.82) is 0 Å². The highest BCUT2D eigenvalue weighted by Crippen LogP contribution is 2.32. The quantitative estimate of drug-likeness (QED) is 0.434. The smallest absolute Gasteiger partial charge is 0.238 e. The molecule has 0 radical (unpaired) electrons. The molecule has 0 fully saturated rings. The van der Waals surface area contributed by atoms with Crippen LogP contribution in [0.15, 0.2) is 85.0 Å². The normalized spacial score (nSPS) is 14.2. The van der Waals surface area contributed by atoms with E-state index in [-0.39, 0.29) is 0 Å². The molecule has 10 nitrogen and oxygen atoms in total. The number of hydrogen-bond acceptors (Lipinski definition) is 9. The van der Waals surface area contributed by atoms with Crippen molar-refractivity contribution in [3.05, 3.63) is 85.0 Å². The summed E-state index contributed by atoms with van der Waals surface area (Å²) in [6.45, 7) is 0.584. The molecule has 3 heterocycles. The Morgan fingerprint density at radius 2 is 1.97 bits per heavy atom. The molecule has 1 aliphatic carbocycles. The molecule has 10 heteroatoms. The SMILES string of the molecule is COc1cc(Nc2ncccc2-c2nc(N(CC3=CC=CCC3)C3=COC=CO3)n(C)n2)cc(OC)c1. The summed E-state index contributed by atoms with van der Waals surface area (Å²) in [6, 6.07) is 9.32. The van der Waals surface area contributed by atoms with Crippen LogP contribution in [-0.4, -0.2) is 40.5 Å². The van der Waals surface area contributed by atoms with Crippen molar-refractivity contribution in [2.45, 2.75) is 12.8 Å². The molecule has 2 aromatic heterocycles. The third-order valence-corrected chi connectivity index (χ3v) is 5.86. The number of allylic oxidation sites excluding steroid dienone is 3. The number of aryl methyl sites for hydroxylation is 1. The predicted molar refractivity (Wildman–Crippen MR) is 140 cm³/mol. The number of methoxy groups -OCH3 is 2. The second-order valence-electron chi connectivity index (χ2n) is 8.35. The molecule has 0 spiro atoms. The molecule has 1 aliphatic heterocycles. The van der Waals surface area contributed by atoms with Crippen molar-refractivity contribution in [2.24, 2.45) is 7.05 Å². The van der Waals surface area contributed by atoms with Gasteiger partial charge < -0.3 is 24.3 Å². The standard InChI is InChI=1S/C27H28N6O4/c1-32-27(33(24-18-36-12-13-37-24)17-19-8-5-4-6-9-19)30-26(31-32)23-10-7-11-28-25(23)29-20-14-21(34-2)16-22(15-20)35-3/h4-5,7-8,10-16,18H,6,9,17H2,1-3H3,(H,28,29). The third kappa shape index (κ3) is 5.43. The molecular weight excluding hydrogens is 472 g/mol. The topological polar surface area (TPSA) is 95.8 Å². The number of hydrogen-bond donors (Lipinski definition) is 1. The van der Waals surface area contributed by atoms with Crippen LogP contribution in [0.25, 0.3) is 11.4 Å². The summed E-state index contributed by atoms with van der Waals surface area (Å²) in [5.74, 6) is 3.56. The van der Waals surface area contributed by atoms with Gasteiger partial charge in [-0.2, -0.15) is 4.98 Å². The first-order valence-electron chi connectivity index (χ1n) is 11.8. The lowest BCUT2D eigenvalue weighted by molar-refractivity contribution is 0.247. The van der Waals surface area contributed by atoms with Crippen LogP contribution >= 0.6 is 0 Å².